The van der Waals surface area contributed by atoms with Gasteiger partial charge in [0.2, 0.25) is 0 Å². The maximum Gasteiger partial charge on any atom is 0.122 e. The lowest BCUT2D eigenvalue weighted by molar-refractivity contribution is 0.481. The van der Waals surface area contributed by atoms with Crippen molar-refractivity contribution in [3.8, 4) is 0 Å². The van der Waals surface area contributed by atoms with Gasteiger partial charge in [-0.1, -0.05) is 6.92 Å². The van der Waals surface area contributed by atoms with Crippen LogP contribution >= 0.6 is 12.6 Å². The zero-order valence-electron chi connectivity index (χ0n) is 5.51. The van der Waals surface area contributed by atoms with Gasteiger partial charge in [-0.3, -0.25) is 0 Å². The zero-order valence-corrected chi connectivity index (χ0v) is 6.41. The maximum atomic E-state index is 12.6. The average molecular weight is 162 g/mol. The van der Waals surface area contributed by atoms with Crippen molar-refractivity contribution in [3.63, 3.8) is 0 Å². The third-order valence-corrected chi connectivity index (χ3v) is 2.15. The summed E-state index contributed by atoms with van der Waals surface area (Å²) in [5, 5.41) is -0.329. The van der Waals surface area contributed by atoms with Crippen molar-refractivity contribution in [2.45, 2.75) is 12.2 Å². The predicted molar refractivity (Wildman–Crippen MR) is 40.3 cm³/mol. The van der Waals surface area contributed by atoms with Crippen molar-refractivity contribution in [2.75, 3.05) is 0 Å². The Morgan fingerprint density at radius 1 is 1.50 bits per heavy atom. The Morgan fingerprint density at radius 3 is 2.60 bits per heavy atom. The summed E-state index contributed by atoms with van der Waals surface area (Å²) in [6.45, 7) is 1.67. The third kappa shape index (κ3) is 1.40. The molecule has 0 aromatic rings. The Bertz CT molecular complexity index is 196. The summed E-state index contributed by atoms with van der Waals surface area (Å²) in [6, 6.07) is 0. The lowest BCUT2D eigenvalue weighted by Crippen LogP contribution is -2.13. The van der Waals surface area contributed by atoms with E-state index in [0.717, 1.165) is 6.08 Å². The Morgan fingerprint density at radius 2 is 2.10 bits per heavy atom. The topological polar surface area (TPSA) is 0 Å². The second kappa shape index (κ2) is 2.74. The monoisotopic (exact) mass is 162 g/mol. The highest BCUT2D eigenvalue weighted by Gasteiger charge is 2.20. The van der Waals surface area contributed by atoms with Gasteiger partial charge in [-0.15, -0.1) is 0 Å². The van der Waals surface area contributed by atoms with Gasteiger partial charge in [0.1, 0.15) is 11.7 Å². The van der Waals surface area contributed by atoms with Crippen LogP contribution in [0.4, 0.5) is 8.78 Å². The van der Waals surface area contributed by atoms with Gasteiger partial charge in [0.15, 0.2) is 0 Å². The van der Waals surface area contributed by atoms with Gasteiger partial charge in [-0.25, -0.2) is 8.78 Å². The van der Waals surface area contributed by atoms with Crippen LogP contribution in [0.3, 0.4) is 0 Å². The summed E-state index contributed by atoms with van der Waals surface area (Å²) in [7, 11) is 0. The maximum absolute atomic E-state index is 12.6. The summed E-state index contributed by atoms with van der Waals surface area (Å²) >= 11 is 3.98. The highest BCUT2D eigenvalue weighted by Crippen LogP contribution is 2.28. The molecule has 56 valence electrons. The minimum atomic E-state index is -0.532. The highest BCUT2D eigenvalue weighted by molar-refractivity contribution is 7.81. The summed E-state index contributed by atoms with van der Waals surface area (Å²) in [6.07, 6.45) is 2.20. The molecule has 0 radical (unpaired) electrons. The molecular weight excluding hydrogens is 154 g/mol. The van der Waals surface area contributed by atoms with Crippen LogP contribution in [0.1, 0.15) is 6.92 Å². The van der Waals surface area contributed by atoms with Crippen molar-refractivity contribution in [1.29, 1.82) is 0 Å². The standard InChI is InChI=1S/C7H8F2S/c1-4-6(9)2-5(8)3-7(4)10/h2-4,7,10H,1H3. The van der Waals surface area contributed by atoms with Gasteiger partial charge in [0, 0.05) is 17.2 Å². The Balaban J connectivity index is 2.85. The molecular formula is C7H8F2S. The molecule has 1 rings (SSSR count). The molecule has 3 heteroatoms. The van der Waals surface area contributed by atoms with E-state index in [-0.39, 0.29) is 11.2 Å². The molecule has 0 aromatic carbocycles. The second-order valence-electron chi connectivity index (χ2n) is 2.36. The van der Waals surface area contributed by atoms with E-state index in [4.69, 9.17) is 0 Å². The van der Waals surface area contributed by atoms with Gasteiger partial charge >= 0.3 is 0 Å². The van der Waals surface area contributed by atoms with Crippen molar-refractivity contribution >= 4 is 12.6 Å². The molecule has 1 aliphatic carbocycles. The van der Waals surface area contributed by atoms with E-state index in [1.165, 1.54) is 6.08 Å². The largest absolute Gasteiger partial charge is 0.211 e. The van der Waals surface area contributed by atoms with E-state index < -0.39 is 11.7 Å². The molecule has 0 aromatic heterocycles. The van der Waals surface area contributed by atoms with Gasteiger partial charge in [0.05, 0.1) is 0 Å². The summed E-state index contributed by atoms with van der Waals surface area (Å²) < 4.78 is 25.0. The quantitative estimate of drug-likeness (QED) is 0.520. The molecule has 0 amide bonds. The molecule has 0 bridgehead atoms. The molecule has 0 heterocycles. The van der Waals surface area contributed by atoms with Crippen molar-refractivity contribution in [2.24, 2.45) is 5.92 Å². The zero-order chi connectivity index (χ0) is 7.72. The third-order valence-electron chi connectivity index (χ3n) is 1.55. The number of allylic oxidation sites excluding steroid dienone is 3. The smallest absolute Gasteiger partial charge is 0.122 e. The molecule has 0 aliphatic heterocycles. The van der Waals surface area contributed by atoms with Gasteiger partial charge < -0.3 is 0 Å². The Kier molecular flexibility index (Phi) is 2.14. The molecule has 1 aliphatic rings. The minimum Gasteiger partial charge on any atom is -0.211 e. The Hall–Kier alpha value is -0.310. The highest BCUT2D eigenvalue weighted by atomic mass is 32.1. The van der Waals surface area contributed by atoms with Crippen LogP contribution in [0.15, 0.2) is 23.8 Å². The summed E-state index contributed by atoms with van der Waals surface area (Å²) in [4.78, 5) is 0. The normalized spacial score (nSPS) is 33.2. The van der Waals surface area contributed by atoms with Crippen molar-refractivity contribution < 1.29 is 8.78 Å². The number of rotatable bonds is 0. The van der Waals surface area contributed by atoms with E-state index in [1.807, 2.05) is 0 Å². The molecule has 0 nitrogen and oxygen atoms in total. The van der Waals surface area contributed by atoms with E-state index >= 15 is 0 Å². The van der Waals surface area contributed by atoms with Crippen LogP contribution in [0, 0.1) is 5.92 Å². The lowest BCUT2D eigenvalue weighted by atomic mass is 10.0. The van der Waals surface area contributed by atoms with Gasteiger partial charge in [-0.2, -0.15) is 12.6 Å². The number of halogens is 2. The molecule has 0 N–H and O–H groups in total. The van der Waals surface area contributed by atoms with Crippen LogP contribution < -0.4 is 0 Å². The van der Waals surface area contributed by atoms with Crippen LogP contribution in [0.5, 0.6) is 0 Å². The van der Waals surface area contributed by atoms with Crippen molar-refractivity contribution in [1.82, 2.24) is 0 Å². The molecule has 2 unspecified atom stereocenters. The van der Waals surface area contributed by atoms with E-state index in [1.54, 1.807) is 6.92 Å². The first-order valence-corrected chi connectivity index (χ1v) is 3.55. The van der Waals surface area contributed by atoms with Crippen molar-refractivity contribution in [3.05, 3.63) is 23.8 Å². The molecule has 0 saturated carbocycles. The number of hydrogen-bond donors (Lipinski definition) is 1. The van der Waals surface area contributed by atoms with Gasteiger partial charge in [0.25, 0.3) is 0 Å². The predicted octanol–water partition coefficient (Wildman–Crippen LogP) is 2.64. The fourth-order valence-electron chi connectivity index (χ4n) is 0.782. The molecule has 2 atom stereocenters. The first-order valence-electron chi connectivity index (χ1n) is 3.03. The van der Waals surface area contributed by atoms with Crippen LogP contribution in [-0.2, 0) is 0 Å². The summed E-state index contributed by atoms with van der Waals surface area (Å²) in [5.41, 5.74) is 0. The van der Waals surface area contributed by atoms with Crippen LogP contribution in [0.25, 0.3) is 0 Å². The number of hydrogen-bond acceptors (Lipinski definition) is 1. The van der Waals surface area contributed by atoms with Gasteiger partial charge in [-0.05, 0) is 6.08 Å². The van der Waals surface area contributed by atoms with Crippen LogP contribution in [0.2, 0.25) is 0 Å². The van der Waals surface area contributed by atoms with E-state index in [0.29, 0.717) is 0 Å². The van der Waals surface area contributed by atoms with Crippen LogP contribution in [-0.4, -0.2) is 5.25 Å². The SMILES string of the molecule is CC1C(F)=CC(F)=CC1S. The first kappa shape index (κ1) is 7.79. The number of thiol groups is 1. The molecule has 0 fully saturated rings. The first-order chi connectivity index (χ1) is 4.61. The fraction of sp³-hybridized carbons (Fsp3) is 0.429. The van der Waals surface area contributed by atoms with E-state index in [2.05, 4.69) is 12.6 Å². The Labute approximate surface area is 64.0 Å². The minimum absolute atomic E-state index is 0.303. The molecule has 0 saturated heterocycles. The van der Waals surface area contributed by atoms with E-state index in [9.17, 15) is 8.78 Å². The fourth-order valence-corrected chi connectivity index (χ4v) is 1.07. The molecule has 0 spiro atoms. The lowest BCUT2D eigenvalue weighted by Gasteiger charge is -2.17. The molecule has 10 heavy (non-hydrogen) atoms. The average Bonchev–Trinajstić information content (AvgIpc) is 1.82. The summed E-state index contributed by atoms with van der Waals surface area (Å²) in [5.74, 6) is -1.27. The second-order valence-corrected chi connectivity index (χ2v) is 2.96.